The van der Waals surface area contributed by atoms with Crippen LogP contribution in [0.2, 0.25) is 0 Å². The molecule has 1 aliphatic carbocycles. The van der Waals surface area contributed by atoms with E-state index in [1.807, 2.05) is 0 Å². The SMILES string of the molecule is CC(C)Cc1cccc(C2(O)CCC(C(C)C)CC2)c1. The monoisotopic (exact) mass is 274 g/mol. The van der Waals surface area contributed by atoms with Crippen molar-refractivity contribution in [2.24, 2.45) is 17.8 Å². The van der Waals surface area contributed by atoms with Gasteiger partial charge in [-0.1, -0.05) is 52.0 Å². The first-order valence-electron chi connectivity index (χ1n) is 8.22. The van der Waals surface area contributed by atoms with Gasteiger partial charge in [0.2, 0.25) is 0 Å². The van der Waals surface area contributed by atoms with Crippen LogP contribution >= 0.6 is 0 Å². The fraction of sp³-hybridized carbons (Fsp3) is 0.684. The maximum absolute atomic E-state index is 11.0. The molecular weight excluding hydrogens is 244 g/mol. The maximum atomic E-state index is 11.0. The standard InChI is InChI=1S/C19H30O/c1-14(2)12-16-6-5-7-18(13-16)19(20)10-8-17(9-11-19)15(3)4/h5-7,13-15,17,20H,8-12H2,1-4H3. The van der Waals surface area contributed by atoms with Gasteiger partial charge in [-0.3, -0.25) is 0 Å². The fourth-order valence-corrected chi connectivity index (χ4v) is 3.53. The van der Waals surface area contributed by atoms with Gasteiger partial charge in [-0.25, -0.2) is 0 Å². The fourth-order valence-electron chi connectivity index (χ4n) is 3.53. The molecule has 0 radical (unpaired) electrons. The molecule has 1 aromatic rings. The van der Waals surface area contributed by atoms with Gasteiger partial charge in [0.05, 0.1) is 5.60 Å². The highest BCUT2D eigenvalue weighted by atomic mass is 16.3. The number of hydrogen-bond acceptors (Lipinski definition) is 1. The summed E-state index contributed by atoms with van der Waals surface area (Å²) in [6.45, 7) is 9.10. The van der Waals surface area contributed by atoms with Crippen molar-refractivity contribution in [1.29, 1.82) is 0 Å². The lowest BCUT2D eigenvalue weighted by atomic mass is 9.72. The van der Waals surface area contributed by atoms with E-state index in [0.717, 1.165) is 49.5 Å². The second-order valence-electron chi connectivity index (χ2n) is 7.41. The van der Waals surface area contributed by atoms with Gasteiger partial charge in [-0.15, -0.1) is 0 Å². The summed E-state index contributed by atoms with van der Waals surface area (Å²) in [6, 6.07) is 8.64. The van der Waals surface area contributed by atoms with Crippen molar-refractivity contribution in [2.75, 3.05) is 0 Å². The molecule has 0 atom stereocenters. The van der Waals surface area contributed by atoms with E-state index in [1.54, 1.807) is 0 Å². The summed E-state index contributed by atoms with van der Waals surface area (Å²) in [5.41, 5.74) is 1.91. The predicted molar refractivity (Wildman–Crippen MR) is 85.7 cm³/mol. The lowest BCUT2D eigenvalue weighted by Gasteiger charge is -2.38. The molecule has 1 aromatic carbocycles. The quantitative estimate of drug-likeness (QED) is 0.826. The number of hydrogen-bond donors (Lipinski definition) is 1. The Morgan fingerprint density at radius 3 is 2.35 bits per heavy atom. The highest BCUT2D eigenvalue weighted by Gasteiger charge is 2.35. The van der Waals surface area contributed by atoms with Crippen molar-refractivity contribution in [2.45, 2.75) is 65.4 Å². The van der Waals surface area contributed by atoms with Crippen LogP contribution in [-0.4, -0.2) is 5.11 Å². The van der Waals surface area contributed by atoms with E-state index in [9.17, 15) is 5.11 Å². The second kappa shape index (κ2) is 6.30. The highest BCUT2D eigenvalue weighted by Crippen LogP contribution is 2.41. The summed E-state index contributed by atoms with van der Waals surface area (Å²) >= 11 is 0. The molecule has 0 unspecified atom stereocenters. The molecule has 0 saturated heterocycles. The molecular formula is C19H30O. The van der Waals surface area contributed by atoms with E-state index >= 15 is 0 Å². The molecule has 0 aliphatic heterocycles. The third kappa shape index (κ3) is 3.63. The Hall–Kier alpha value is -0.820. The van der Waals surface area contributed by atoms with Crippen LogP contribution in [-0.2, 0) is 12.0 Å². The average molecular weight is 274 g/mol. The zero-order valence-corrected chi connectivity index (χ0v) is 13.5. The molecule has 0 amide bonds. The van der Waals surface area contributed by atoms with Gasteiger partial charge >= 0.3 is 0 Å². The summed E-state index contributed by atoms with van der Waals surface area (Å²) in [7, 11) is 0. The number of rotatable bonds is 4. The summed E-state index contributed by atoms with van der Waals surface area (Å²) in [4.78, 5) is 0. The van der Waals surface area contributed by atoms with Gasteiger partial charge in [0.15, 0.2) is 0 Å². The third-order valence-electron chi connectivity index (χ3n) is 4.91. The van der Waals surface area contributed by atoms with Crippen LogP contribution in [0.3, 0.4) is 0 Å². The normalized spacial score (nSPS) is 27.2. The molecule has 0 spiro atoms. The lowest BCUT2D eigenvalue weighted by molar-refractivity contribution is -0.0200. The van der Waals surface area contributed by atoms with Crippen LogP contribution in [0.25, 0.3) is 0 Å². The summed E-state index contributed by atoms with van der Waals surface area (Å²) in [5.74, 6) is 2.19. The van der Waals surface area contributed by atoms with E-state index in [2.05, 4.69) is 52.0 Å². The van der Waals surface area contributed by atoms with Gasteiger partial charge in [-0.05, 0) is 61.0 Å². The molecule has 0 bridgehead atoms. The molecule has 20 heavy (non-hydrogen) atoms. The molecule has 1 fully saturated rings. The van der Waals surface area contributed by atoms with Crippen LogP contribution < -0.4 is 0 Å². The molecule has 0 aromatic heterocycles. The van der Waals surface area contributed by atoms with Gasteiger partial charge in [0.1, 0.15) is 0 Å². The van der Waals surface area contributed by atoms with Crippen LogP contribution in [0.15, 0.2) is 24.3 Å². The minimum Gasteiger partial charge on any atom is -0.385 e. The minimum atomic E-state index is -0.585. The Bertz CT molecular complexity index is 425. The molecule has 2 rings (SSSR count). The molecule has 1 saturated carbocycles. The number of aliphatic hydroxyl groups is 1. The van der Waals surface area contributed by atoms with Gasteiger partial charge in [0, 0.05) is 0 Å². The Morgan fingerprint density at radius 1 is 1.15 bits per heavy atom. The van der Waals surface area contributed by atoms with Crippen molar-refractivity contribution in [3.05, 3.63) is 35.4 Å². The van der Waals surface area contributed by atoms with Gasteiger partial charge in [-0.2, -0.15) is 0 Å². The summed E-state index contributed by atoms with van der Waals surface area (Å²) < 4.78 is 0. The molecule has 1 N–H and O–H groups in total. The molecule has 0 heterocycles. The van der Waals surface area contributed by atoms with E-state index in [-0.39, 0.29) is 0 Å². The van der Waals surface area contributed by atoms with Crippen molar-refractivity contribution >= 4 is 0 Å². The van der Waals surface area contributed by atoms with E-state index in [1.165, 1.54) is 5.56 Å². The van der Waals surface area contributed by atoms with Crippen LogP contribution in [0, 0.1) is 17.8 Å². The Balaban J connectivity index is 2.11. The van der Waals surface area contributed by atoms with E-state index < -0.39 is 5.60 Å². The van der Waals surface area contributed by atoms with Crippen molar-refractivity contribution < 1.29 is 5.11 Å². The Labute approximate surface area is 124 Å². The average Bonchev–Trinajstić information content (AvgIpc) is 2.39. The Morgan fingerprint density at radius 2 is 1.80 bits per heavy atom. The molecule has 112 valence electrons. The van der Waals surface area contributed by atoms with Crippen LogP contribution in [0.1, 0.15) is 64.5 Å². The summed E-state index contributed by atoms with van der Waals surface area (Å²) in [5, 5.41) is 11.0. The zero-order valence-electron chi connectivity index (χ0n) is 13.5. The second-order valence-corrected chi connectivity index (χ2v) is 7.41. The largest absolute Gasteiger partial charge is 0.385 e. The first kappa shape index (κ1) is 15.6. The van der Waals surface area contributed by atoms with E-state index in [4.69, 9.17) is 0 Å². The first-order valence-corrected chi connectivity index (χ1v) is 8.22. The van der Waals surface area contributed by atoms with Crippen molar-refractivity contribution in [3.63, 3.8) is 0 Å². The van der Waals surface area contributed by atoms with Crippen LogP contribution in [0.5, 0.6) is 0 Å². The van der Waals surface area contributed by atoms with Crippen molar-refractivity contribution in [3.8, 4) is 0 Å². The summed E-state index contributed by atoms with van der Waals surface area (Å²) in [6.07, 6.45) is 5.24. The molecule has 1 heteroatoms. The maximum Gasteiger partial charge on any atom is 0.0896 e. The lowest BCUT2D eigenvalue weighted by Crippen LogP contribution is -2.32. The molecule has 1 aliphatic rings. The smallest absolute Gasteiger partial charge is 0.0896 e. The third-order valence-corrected chi connectivity index (χ3v) is 4.91. The number of benzene rings is 1. The Kier molecular flexibility index (Phi) is 4.90. The highest BCUT2D eigenvalue weighted by molar-refractivity contribution is 5.29. The van der Waals surface area contributed by atoms with E-state index in [0.29, 0.717) is 5.92 Å². The minimum absolute atomic E-state index is 0.585. The first-order chi connectivity index (χ1) is 9.40. The zero-order chi connectivity index (χ0) is 14.8. The molecule has 1 nitrogen and oxygen atoms in total. The van der Waals surface area contributed by atoms with Crippen LogP contribution in [0.4, 0.5) is 0 Å². The predicted octanol–water partition coefficient (Wildman–Crippen LogP) is 4.92. The van der Waals surface area contributed by atoms with Gasteiger partial charge in [0.25, 0.3) is 0 Å². The van der Waals surface area contributed by atoms with Gasteiger partial charge < -0.3 is 5.11 Å². The topological polar surface area (TPSA) is 20.2 Å². The van der Waals surface area contributed by atoms with Crippen molar-refractivity contribution in [1.82, 2.24) is 0 Å².